The van der Waals surface area contributed by atoms with Crippen LogP contribution < -0.4 is 22.1 Å². The summed E-state index contributed by atoms with van der Waals surface area (Å²) in [5, 5.41) is 6.01. The van der Waals surface area contributed by atoms with Crippen molar-refractivity contribution in [3.8, 4) is 0 Å². The molecule has 0 fully saturated rings. The van der Waals surface area contributed by atoms with Gasteiger partial charge in [0.05, 0.1) is 12.6 Å². The molecule has 1 unspecified atom stereocenters. The molecule has 0 aromatic carbocycles. The third-order valence-electron chi connectivity index (χ3n) is 6.97. The largest absolute Gasteiger partial charge is 0.346 e. The number of amides is 2. The summed E-state index contributed by atoms with van der Waals surface area (Å²) in [7, 11) is 1.82. The number of hydrogen-bond donors (Lipinski definition) is 4. The van der Waals surface area contributed by atoms with Crippen molar-refractivity contribution < 1.29 is 9.59 Å². The van der Waals surface area contributed by atoms with Crippen LogP contribution in [-0.4, -0.2) is 62.5 Å². The minimum Gasteiger partial charge on any atom is -0.346 e. The number of likely N-dealkylation sites (N-methyl/N-ethyl adjacent to an activating group) is 1. The highest BCUT2D eigenvalue weighted by Crippen LogP contribution is 2.13. The molecule has 7 nitrogen and oxygen atoms in total. The van der Waals surface area contributed by atoms with Crippen LogP contribution in [0.4, 0.5) is 0 Å². The van der Waals surface area contributed by atoms with Gasteiger partial charge < -0.3 is 27.0 Å². The van der Waals surface area contributed by atoms with Crippen LogP contribution in [0, 0.1) is 0 Å². The highest BCUT2D eigenvalue weighted by atomic mass is 16.2. The molecule has 214 valence electrons. The van der Waals surface area contributed by atoms with Crippen LogP contribution >= 0.6 is 0 Å². The first-order chi connectivity index (χ1) is 17.6. The van der Waals surface area contributed by atoms with Gasteiger partial charge in [-0.25, -0.2) is 0 Å². The number of carbonyl (C=O) groups is 2. The molecule has 0 aliphatic rings. The molecule has 7 heteroatoms. The summed E-state index contributed by atoms with van der Waals surface area (Å²) in [6.45, 7) is 4.89. The van der Waals surface area contributed by atoms with Crippen LogP contribution in [-0.2, 0) is 9.59 Å². The monoisotopic (exact) mass is 511 g/mol. The van der Waals surface area contributed by atoms with Gasteiger partial charge in [-0.15, -0.1) is 0 Å². The highest BCUT2D eigenvalue weighted by molar-refractivity contribution is 5.87. The Kier molecular flexibility index (Phi) is 26.0. The predicted molar refractivity (Wildman–Crippen MR) is 154 cm³/mol. The maximum absolute atomic E-state index is 12.5. The van der Waals surface area contributed by atoms with E-state index in [1.807, 2.05) is 7.05 Å². The summed E-state index contributed by atoms with van der Waals surface area (Å²) >= 11 is 0. The Morgan fingerprint density at radius 1 is 0.694 bits per heavy atom. The summed E-state index contributed by atoms with van der Waals surface area (Å²) < 4.78 is 0. The van der Waals surface area contributed by atoms with E-state index in [0.717, 1.165) is 32.2 Å². The fourth-order valence-electron chi connectivity index (χ4n) is 4.47. The molecule has 0 aliphatic carbocycles. The average Bonchev–Trinajstić information content (AvgIpc) is 2.88. The first kappa shape index (κ1) is 34.8. The van der Waals surface area contributed by atoms with Gasteiger partial charge in [-0.1, -0.05) is 103 Å². The molecular weight excluding hydrogens is 450 g/mol. The summed E-state index contributed by atoms with van der Waals surface area (Å²) in [6, 6.07) is -0.321. The van der Waals surface area contributed by atoms with Gasteiger partial charge in [-0.3, -0.25) is 9.59 Å². The normalized spacial score (nSPS) is 12.0. The van der Waals surface area contributed by atoms with Crippen molar-refractivity contribution in [3.63, 3.8) is 0 Å². The molecule has 0 radical (unpaired) electrons. The van der Waals surface area contributed by atoms with E-state index in [2.05, 4.69) is 17.6 Å². The first-order valence-corrected chi connectivity index (χ1v) is 15.2. The maximum Gasteiger partial charge on any atom is 0.241 e. The molecule has 36 heavy (non-hydrogen) atoms. The fraction of sp³-hybridized carbons (Fsp3) is 0.931. The lowest BCUT2D eigenvalue weighted by molar-refractivity contribution is -0.132. The smallest absolute Gasteiger partial charge is 0.241 e. The van der Waals surface area contributed by atoms with Crippen molar-refractivity contribution in [2.75, 3.05) is 39.8 Å². The minimum atomic E-state index is -0.321. The van der Waals surface area contributed by atoms with Gasteiger partial charge in [-0.2, -0.15) is 0 Å². The van der Waals surface area contributed by atoms with Crippen molar-refractivity contribution in [2.45, 2.75) is 135 Å². The Bertz CT molecular complexity index is 504. The molecule has 0 saturated carbocycles. The third-order valence-corrected chi connectivity index (χ3v) is 6.97. The number of carbonyl (C=O) groups excluding carboxylic acids is 2. The Labute approximate surface area is 223 Å². The number of unbranched alkanes of at least 4 members (excludes halogenated alkanes) is 15. The highest BCUT2D eigenvalue weighted by Gasteiger charge is 2.18. The summed E-state index contributed by atoms with van der Waals surface area (Å²) in [4.78, 5) is 26.6. The molecule has 0 saturated heterocycles. The number of hydrogen-bond acceptors (Lipinski definition) is 5. The summed E-state index contributed by atoms with van der Waals surface area (Å²) in [6.07, 6.45) is 23.7. The zero-order chi connectivity index (χ0) is 26.7. The fourth-order valence-corrected chi connectivity index (χ4v) is 4.47. The topological polar surface area (TPSA) is 113 Å². The van der Waals surface area contributed by atoms with Crippen molar-refractivity contribution in [1.82, 2.24) is 15.5 Å². The van der Waals surface area contributed by atoms with E-state index in [1.165, 1.54) is 89.9 Å². The molecule has 0 bridgehead atoms. The van der Waals surface area contributed by atoms with E-state index in [1.54, 1.807) is 4.90 Å². The van der Waals surface area contributed by atoms with E-state index in [-0.39, 0.29) is 24.4 Å². The van der Waals surface area contributed by atoms with Crippen LogP contribution in [0.2, 0.25) is 0 Å². The van der Waals surface area contributed by atoms with E-state index in [0.29, 0.717) is 26.1 Å². The van der Waals surface area contributed by atoms with Gasteiger partial charge in [-0.05, 0) is 45.3 Å². The molecule has 0 aromatic heterocycles. The zero-order valence-corrected chi connectivity index (χ0v) is 24.0. The lowest BCUT2D eigenvalue weighted by Gasteiger charge is -2.20. The Morgan fingerprint density at radius 3 is 1.64 bits per heavy atom. The number of nitrogens with zero attached hydrogens (tertiary/aromatic N) is 1. The average molecular weight is 512 g/mol. The predicted octanol–water partition coefficient (Wildman–Crippen LogP) is 4.87. The van der Waals surface area contributed by atoms with Crippen LogP contribution in [0.25, 0.3) is 0 Å². The van der Waals surface area contributed by atoms with Crippen LogP contribution in [0.15, 0.2) is 0 Å². The SMILES string of the molecule is CCCCCCCCCCCCCCCCCCN(C)C(=O)CNC(=O)C(CCCN)NCCCN. The number of rotatable bonds is 27. The Morgan fingerprint density at radius 2 is 1.17 bits per heavy atom. The van der Waals surface area contributed by atoms with Crippen molar-refractivity contribution in [2.24, 2.45) is 11.5 Å². The van der Waals surface area contributed by atoms with E-state index in [9.17, 15) is 9.59 Å². The molecule has 1 atom stereocenters. The zero-order valence-electron chi connectivity index (χ0n) is 24.0. The quantitative estimate of drug-likeness (QED) is 0.118. The van der Waals surface area contributed by atoms with Gasteiger partial charge >= 0.3 is 0 Å². The molecule has 0 aliphatic heterocycles. The first-order valence-electron chi connectivity index (χ1n) is 15.2. The second kappa shape index (κ2) is 26.9. The Hall–Kier alpha value is -1.18. The van der Waals surface area contributed by atoms with Gasteiger partial charge in [0.1, 0.15) is 0 Å². The number of nitrogens with two attached hydrogens (primary N) is 2. The maximum atomic E-state index is 12.5. The molecule has 6 N–H and O–H groups in total. The summed E-state index contributed by atoms with van der Waals surface area (Å²) in [5.74, 6) is -0.173. The Balaban J connectivity index is 3.67. The number of nitrogens with one attached hydrogen (secondary N) is 2. The second-order valence-electron chi connectivity index (χ2n) is 10.4. The standard InChI is InChI=1S/C29H61N5O2/c1-3-4-5-6-7-8-9-10-11-12-13-14-15-16-17-18-25-34(2)28(35)26-33-29(36)27(21-19-22-30)32-24-20-23-31/h27,32H,3-26,30-31H2,1-2H3,(H,33,36). The lowest BCUT2D eigenvalue weighted by atomic mass is 10.0. The van der Waals surface area contributed by atoms with Crippen LogP contribution in [0.1, 0.15) is 129 Å². The molecule has 0 rings (SSSR count). The summed E-state index contributed by atoms with van der Waals surface area (Å²) in [5.41, 5.74) is 11.1. The van der Waals surface area contributed by atoms with Crippen LogP contribution in [0.5, 0.6) is 0 Å². The third kappa shape index (κ3) is 22.1. The van der Waals surface area contributed by atoms with Gasteiger partial charge in [0.2, 0.25) is 11.8 Å². The lowest BCUT2D eigenvalue weighted by Crippen LogP contribution is -2.48. The molecule has 2 amide bonds. The van der Waals surface area contributed by atoms with Crippen molar-refractivity contribution in [1.29, 1.82) is 0 Å². The molecule has 0 aromatic rings. The van der Waals surface area contributed by atoms with E-state index < -0.39 is 0 Å². The van der Waals surface area contributed by atoms with Crippen molar-refractivity contribution >= 4 is 11.8 Å². The van der Waals surface area contributed by atoms with Gasteiger partial charge in [0.15, 0.2) is 0 Å². The van der Waals surface area contributed by atoms with E-state index in [4.69, 9.17) is 11.5 Å². The molecule has 0 spiro atoms. The molecule has 0 heterocycles. The van der Waals surface area contributed by atoms with Crippen LogP contribution in [0.3, 0.4) is 0 Å². The van der Waals surface area contributed by atoms with Gasteiger partial charge in [0.25, 0.3) is 0 Å². The second-order valence-corrected chi connectivity index (χ2v) is 10.4. The minimum absolute atomic E-state index is 0.0381. The van der Waals surface area contributed by atoms with E-state index >= 15 is 0 Å². The van der Waals surface area contributed by atoms with Crippen molar-refractivity contribution in [3.05, 3.63) is 0 Å². The van der Waals surface area contributed by atoms with Gasteiger partial charge in [0, 0.05) is 13.6 Å². The molecular formula is C29H61N5O2.